The van der Waals surface area contributed by atoms with Gasteiger partial charge in [-0.15, -0.1) is 0 Å². The molecule has 0 fully saturated rings. The second kappa shape index (κ2) is 8.13. The van der Waals surface area contributed by atoms with Crippen molar-refractivity contribution < 1.29 is 9.59 Å². The van der Waals surface area contributed by atoms with Crippen molar-refractivity contribution in [3.8, 4) is 5.69 Å². The molecule has 0 aliphatic heterocycles. The van der Waals surface area contributed by atoms with Gasteiger partial charge in [0.15, 0.2) is 5.78 Å². The van der Waals surface area contributed by atoms with E-state index >= 15 is 0 Å². The molecule has 0 saturated heterocycles. The Kier molecular flexibility index (Phi) is 5.64. The lowest BCUT2D eigenvalue weighted by molar-refractivity contribution is -0.114. The van der Waals surface area contributed by atoms with Gasteiger partial charge in [0.25, 0.3) is 0 Å². The first-order valence-corrected chi connectivity index (χ1v) is 9.26. The number of rotatable bonds is 6. The van der Waals surface area contributed by atoms with Crippen molar-refractivity contribution in [3.05, 3.63) is 77.1 Å². The van der Waals surface area contributed by atoms with Crippen LogP contribution in [0.25, 0.3) is 5.69 Å². The number of Topliss-reactive ketones (excluding diaryl/α,β-unsaturated/α-hetero) is 1. The number of hydrogen-bond donors (Lipinski definition) is 2. The minimum absolute atomic E-state index is 0.0393. The van der Waals surface area contributed by atoms with E-state index in [-0.39, 0.29) is 18.2 Å². The zero-order valence-electron chi connectivity index (χ0n) is 16.7. The normalized spacial score (nSPS) is 10.6. The summed E-state index contributed by atoms with van der Waals surface area (Å²) >= 11 is 0. The molecule has 5 heteroatoms. The highest BCUT2D eigenvalue weighted by molar-refractivity contribution is 6.00. The van der Waals surface area contributed by atoms with Crippen molar-refractivity contribution >= 4 is 23.1 Å². The van der Waals surface area contributed by atoms with Crippen LogP contribution < -0.4 is 10.6 Å². The fourth-order valence-corrected chi connectivity index (χ4v) is 3.29. The first kappa shape index (κ1) is 19.4. The molecule has 2 aromatic carbocycles. The van der Waals surface area contributed by atoms with Gasteiger partial charge >= 0.3 is 0 Å². The first-order chi connectivity index (χ1) is 13.3. The summed E-state index contributed by atoms with van der Waals surface area (Å²) in [6, 6.07) is 17.5. The molecule has 5 nitrogen and oxygen atoms in total. The maximum absolute atomic E-state index is 12.8. The lowest BCUT2D eigenvalue weighted by Crippen LogP contribution is -2.15. The van der Waals surface area contributed by atoms with Crippen molar-refractivity contribution in [2.24, 2.45) is 0 Å². The Balaban J connectivity index is 1.72. The van der Waals surface area contributed by atoms with E-state index in [0.29, 0.717) is 0 Å². The van der Waals surface area contributed by atoms with Gasteiger partial charge in [-0.05, 0) is 63.2 Å². The number of nitrogens with one attached hydrogen (secondary N) is 2. The number of ketones is 1. The van der Waals surface area contributed by atoms with Crippen LogP contribution in [0.5, 0.6) is 0 Å². The highest BCUT2D eigenvalue weighted by Gasteiger charge is 2.16. The standard InChI is InChI=1S/C23H25N3O2/c1-15-5-11-21(12-6-15)26-16(2)13-22(17(26)3)23(28)14-24-19-7-9-20(10-8-19)25-18(4)27/h5-13,24H,14H2,1-4H3,(H,25,27). The van der Waals surface area contributed by atoms with E-state index in [9.17, 15) is 9.59 Å². The molecule has 3 aromatic rings. The number of hydrogen-bond acceptors (Lipinski definition) is 3. The number of nitrogens with zero attached hydrogens (tertiary/aromatic N) is 1. The van der Waals surface area contributed by atoms with Gasteiger partial charge < -0.3 is 15.2 Å². The third kappa shape index (κ3) is 4.31. The van der Waals surface area contributed by atoms with Crippen LogP contribution in [-0.2, 0) is 4.79 Å². The molecule has 0 bridgehead atoms. The number of aryl methyl sites for hydroxylation is 2. The van der Waals surface area contributed by atoms with Crippen LogP contribution in [0.1, 0.15) is 34.2 Å². The molecule has 28 heavy (non-hydrogen) atoms. The third-order valence-corrected chi connectivity index (χ3v) is 4.68. The fraction of sp³-hybridized carbons (Fsp3) is 0.217. The molecule has 3 rings (SSSR count). The number of carbonyl (C=O) groups is 2. The molecule has 0 aliphatic rings. The lowest BCUT2D eigenvalue weighted by Gasteiger charge is -2.11. The topological polar surface area (TPSA) is 63.1 Å². The fourth-order valence-electron chi connectivity index (χ4n) is 3.29. The Labute approximate surface area is 165 Å². The Morgan fingerprint density at radius 2 is 1.50 bits per heavy atom. The van der Waals surface area contributed by atoms with E-state index in [0.717, 1.165) is 34.0 Å². The van der Waals surface area contributed by atoms with Crippen LogP contribution in [0.3, 0.4) is 0 Å². The molecule has 1 aromatic heterocycles. The minimum atomic E-state index is -0.111. The summed E-state index contributed by atoms with van der Waals surface area (Å²) in [6.45, 7) is 7.72. The highest BCUT2D eigenvalue weighted by atomic mass is 16.1. The van der Waals surface area contributed by atoms with E-state index in [1.165, 1.54) is 12.5 Å². The van der Waals surface area contributed by atoms with E-state index < -0.39 is 0 Å². The van der Waals surface area contributed by atoms with Gasteiger partial charge in [-0.3, -0.25) is 9.59 Å². The molecule has 0 unspecified atom stereocenters. The largest absolute Gasteiger partial charge is 0.378 e. The lowest BCUT2D eigenvalue weighted by atomic mass is 10.1. The van der Waals surface area contributed by atoms with Crippen LogP contribution in [0.15, 0.2) is 54.6 Å². The van der Waals surface area contributed by atoms with E-state index in [2.05, 4.69) is 46.4 Å². The van der Waals surface area contributed by atoms with Crippen LogP contribution >= 0.6 is 0 Å². The van der Waals surface area contributed by atoms with E-state index in [1.807, 2.05) is 32.0 Å². The number of carbonyl (C=O) groups excluding carboxylic acids is 2. The third-order valence-electron chi connectivity index (χ3n) is 4.68. The molecule has 1 amide bonds. The Morgan fingerprint density at radius 3 is 2.11 bits per heavy atom. The zero-order chi connectivity index (χ0) is 20.3. The van der Waals surface area contributed by atoms with Gasteiger partial charge in [-0.1, -0.05) is 17.7 Å². The smallest absolute Gasteiger partial charge is 0.221 e. The molecule has 144 valence electrons. The molecule has 0 atom stereocenters. The maximum atomic E-state index is 12.8. The number of benzene rings is 2. The van der Waals surface area contributed by atoms with Crippen LogP contribution in [0.4, 0.5) is 11.4 Å². The molecule has 2 N–H and O–H groups in total. The van der Waals surface area contributed by atoms with Gasteiger partial charge in [-0.2, -0.15) is 0 Å². The van der Waals surface area contributed by atoms with Crippen LogP contribution in [0.2, 0.25) is 0 Å². The second-order valence-electron chi connectivity index (χ2n) is 6.99. The SMILES string of the molecule is CC(=O)Nc1ccc(NCC(=O)c2cc(C)n(-c3ccc(C)cc3)c2C)cc1. The minimum Gasteiger partial charge on any atom is -0.378 e. The average Bonchev–Trinajstić information content (AvgIpc) is 2.96. The van der Waals surface area contributed by atoms with Gasteiger partial charge in [-0.25, -0.2) is 0 Å². The molecule has 0 saturated carbocycles. The number of anilines is 2. The van der Waals surface area contributed by atoms with Crippen molar-refractivity contribution in [2.75, 3.05) is 17.2 Å². The monoisotopic (exact) mass is 375 g/mol. The summed E-state index contributed by atoms with van der Waals surface area (Å²) in [5.41, 5.74) is 6.51. The Morgan fingerprint density at radius 1 is 0.893 bits per heavy atom. The highest BCUT2D eigenvalue weighted by Crippen LogP contribution is 2.22. The van der Waals surface area contributed by atoms with Crippen molar-refractivity contribution in [1.82, 2.24) is 4.57 Å². The molecule has 0 spiro atoms. The first-order valence-electron chi connectivity index (χ1n) is 9.26. The molecule has 0 radical (unpaired) electrons. The Hall–Kier alpha value is -3.34. The molecule has 1 heterocycles. The van der Waals surface area contributed by atoms with E-state index in [4.69, 9.17) is 0 Å². The van der Waals surface area contributed by atoms with Gasteiger partial charge in [0.2, 0.25) is 5.91 Å². The summed E-state index contributed by atoms with van der Waals surface area (Å²) in [5, 5.41) is 5.88. The molecular formula is C23H25N3O2. The second-order valence-corrected chi connectivity index (χ2v) is 6.99. The average molecular weight is 375 g/mol. The summed E-state index contributed by atoms with van der Waals surface area (Å²) < 4.78 is 2.11. The van der Waals surface area contributed by atoms with Crippen LogP contribution in [0, 0.1) is 20.8 Å². The summed E-state index contributed by atoms with van der Waals surface area (Å²) in [6.07, 6.45) is 0. The predicted molar refractivity (Wildman–Crippen MR) is 114 cm³/mol. The van der Waals surface area contributed by atoms with Gasteiger partial charge in [0.1, 0.15) is 0 Å². The number of aromatic nitrogens is 1. The summed E-state index contributed by atoms with van der Waals surface area (Å²) in [5.74, 6) is -0.0720. The van der Waals surface area contributed by atoms with E-state index in [1.54, 1.807) is 12.1 Å². The summed E-state index contributed by atoms with van der Waals surface area (Å²) in [4.78, 5) is 23.8. The van der Waals surface area contributed by atoms with Crippen molar-refractivity contribution in [2.45, 2.75) is 27.7 Å². The predicted octanol–water partition coefficient (Wildman–Crippen LogP) is 4.66. The van der Waals surface area contributed by atoms with Gasteiger partial charge in [0, 0.05) is 40.9 Å². The quantitative estimate of drug-likeness (QED) is 0.616. The number of amides is 1. The Bertz CT molecular complexity index is 1000. The maximum Gasteiger partial charge on any atom is 0.221 e. The van der Waals surface area contributed by atoms with Crippen LogP contribution in [-0.4, -0.2) is 22.8 Å². The zero-order valence-corrected chi connectivity index (χ0v) is 16.7. The van der Waals surface area contributed by atoms with Crippen molar-refractivity contribution in [3.63, 3.8) is 0 Å². The molecular weight excluding hydrogens is 350 g/mol. The molecule has 0 aliphatic carbocycles. The van der Waals surface area contributed by atoms with Gasteiger partial charge in [0.05, 0.1) is 6.54 Å². The van der Waals surface area contributed by atoms with Crippen molar-refractivity contribution in [1.29, 1.82) is 0 Å². The summed E-state index contributed by atoms with van der Waals surface area (Å²) in [7, 11) is 0.